The van der Waals surface area contributed by atoms with E-state index in [1.54, 1.807) is 19.4 Å². The predicted molar refractivity (Wildman–Crippen MR) is 85.3 cm³/mol. The third kappa shape index (κ3) is 2.52. The maximum Gasteiger partial charge on any atom is 0.257 e. The standard InChI is InChI=1S/C17H20N2O3/c1-11(10-22-2)18-17(21)14-9-19-8-4-6-12-5-3-7-13(15(12)19)16(14)20/h3,5,7,9,11H,4,6,8,10H2,1-2H3,(H,18,21). The van der Waals surface area contributed by atoms with Crippen LogP contribution < -0.4 is 10.7 Å². The van der Waals surface area contributed by atoms with E-state index in [9.17, 15) is 9.59 Å². The van der Waals surface area contributed by atoms with Gasteiger partial charge in [-0.25, -0.2) is 0 Å². The lowest BCUT2D eigenvalue weighted by Gasteiger charge is -2.21. The number of methoxy groups -OCH3 is 1. The monoisotopic (exact) mass is 300 g/mol. The molecule has 1 atom stereocenters. The van der Waals surface area contributed by atoms with Crippen molar-refractivity contribution in [2.45, 2.75) is 32.4 Å². The normalized spacial score (nSPS) is 14.8. The zero-order valence-electron chi connectivity index (χ0n) is 12.9. The highest BCUT2D eigenvalue weighted by atomic mass is 16.5. The molecule has 1 N–H and O–H groups in total. The first-order chi connectivity index (χ1) is 10.6. The number of pyridine rings is 1. The van der Waals surface area contributed by atoms with Crippen molar-refractivity contribution in [2.75, 3.05) is 13.7 Å². The number of benzene rings is 1. The molecule has 2 heterocycles. The van der Waals surface area contributed by atoms with Crippen LogP contribution >= 0.6 is 0 Å². The van der Waals surface area contributed by atoms with Crippen LogP contribution in [0.4, 0.5) is 0 Å². The summed E-state index contributed by atoms with van der Waals surface area (Å²) in [5.74, 6) is -0.337. The number of carbonyl (C=O) groups is 1. The summed E-state index contributed by atoms with van der Waals surface area (Å²) in [6.07, 6.45) is 3.70. The molecule has 22 heavy (non-hydrogen) atoms. The van der Waals surface area contributed by atoms with Gasteiger partial charge in [0, 0.05) is 31.3 Å². The number of carbonyl (C=O) groups excluding carboxylic acids is 1. The molecule has 0 bridgehead atoms. The number of aryl methyl sites for hydroxylation is 2. The van der Waals surface area contributed by atoms with Crippen LogP contribution in [-0.2, 0) is 17.7 Å². The maximum atomic E-state index is 12.6. The minimum absolute atomic E-state index is 0.139. The summed E-state index contributed by atoms with van der Waals surface area (Å²) in [6, 6.07) is 5.61. The van der Waals surface area contributed by atoms with Gasteiger partial charge in [0.25, 0.3) is 5.91 Å². The lowest BCUT2D eigenvalue weighted by molar-refractivity contribution is 0.0904. The number of hydrogen-bond donors (Lipinski definition) is 1. The number of nitrogens with one attached hydrogen (secondary N) is 1. The highest BCUT2D eigenvalue weighted by Crippen LogP contribution is 2.23. The summed E-state index contributed by atoms with van der Waals surface area (Å²) >= 11 is 0. The van der Waals surface area contributed by atoms with Gasteiger partial charge in [-0.2, -0.15) is 0 Å². The largest absolute Gasteiger partial charge is 0.383 e. The van der Waals surface area contributed by atoms with E-state index in [4.69, 9.17) is 4.74 Å². The molecule has 0 aliphatic carbocycles. The van der Waals surface area contributed by atoms with Crippen LogP contribution in [-0.4, -0.2) is 30.2 Å². The molecule has 1 amide bonds. The van der Waals surface area contributed by atoms with Gasteiger partial charge in [-0.15, -0.1) is 0 Å². The van der Waals surface area contributed by atoms with Crippen molar-refractivity contribution in [3.8, 4) is 0 Å². The molecule has 0 spiro atoms. The zero-order valence-corrected chi connectivity index (χ0v) is 12.9. The van der Waals surface area contributed by atoms with Crippen LogP contribution in [0.1, 0.15) is 29.3 Å². The maximum absolute atomic E-state index is 12.6. The van der Waals surface area contributed by atoms with Crippen molar-refractivity contribution in [3.05, 3.63) is 45.7 Å². The second-order valence-corrected chi connectivity index (χ2v) is 5.81. The number of para-hydroxylation sites is 1. The Morgan fingerprint density at radius 1 is 1.45 bits per heavy atom. The summed E-state index contributed by atoms with van der Waals surface area (Å²) in [5.41, 5.74) is 2.16. The Morgan fingerprint density at radius 3 is 3.05 bits per heavy atom. The van der Waals surface area contributed by atoms with Crippen LogP contribution in [0.3, 0.4) is 0 Å². The minimum atomic E-state index is -0.337. The third-order valence-electron chi connectivity index (χ3n) is 4.06. The Hall–Kier alpha value is -2.14. The van der Waals surface area contributed by atoms with E-state index in [0.29, 0.717) is 12.0 Å². The first-order valence-corrected chi connectivity index (χ1v) is 7.56. The van der Waals surface area contributed by atoms with Crippen molar-refractivity contribution in [3.63, 3.8) is 0 Å². The number of hydrogen-bond acceptors (Lipinski definition) is 3. The molecule has 2 aromatic rings. The summed E-state index contributed by atoms with van der Waals surface area (Å²) in [4.78, 5) is 25.0. The average Bonchev–Trinajstić information content (AvgIpc) is 2.51. The molecule has 1 aromatic heterocycles. The van der Waals surface area contributed by atoms with Crippen molar-refractivity contribution in [1.29, 1.82) is 0 Å². The molecule has 3 rings (SSSR count). The summed E-state index contributed by atoms with van der Waals surface area (Å²) in [5, 5.41) is 3.44. The van der Waals surface area contributed by atoms with Gasteiger partial charge in [0.2, 0.25) is 5.43 Å². The fourth-order valence-electron chi connectivity index (χ4n) is 3.11. The van der Waals surface area contributed by atoms with Gasteiger partial charge in [0.15, 0.2) is 0 Å². The quantitative estimate of drug-likeness (QED) is 0.935. The van der Waals surface area contributed by atoms with Crippen LogP contribution in [0.25, 0.3) is 10.9 Å². The van der Waals surface area contributed by atoms with E-state index in [1.807, 2.05) is 17.6 Å². The summed E-state index contributed by atoms with van der Waals surface area (Å²) in [6.45, 7) is 3.10. The Labute approximate surface area is 128 Å². The molecule has 1 aliphatic heterocycles. The molecule has 0 saturated heterocycles. The van der Waals surface area contributed by atoms with E-state index < -0.39 is 0 Å². The van der Waals surface area contributed by atoms with Crippen LogP contribution in [0.15, 0.2) is 29.2 Å². The highest BCUT2D eigenvalue weighted by Gasteiger charge is 2.20. The molecule has 5 heteroatoms. The second-order valence-electron chi connectivity index (χ2n) is 5.81. The van der Waals surface area contributed by atoms with E-state index in [0.717, 1.165) is 24.9 Å². The Morgan fingerprint density at radius 2 is 2.27 bits per heavy atom. The smallest absolute Gasteiger partial charge is 0.257 e. The van der Waals surface area contributed by atoms with Crippen molar-refractivity contribution >= 4 is 16.8 Å². The molecule has 1 aromatic carbocycles. The number of amides is 1. The number of rotatable bonds is 4. The molecular formula is C17H20N2O3. The van der Waals surface area contributed by atoms with Gasteiger partial charge in [0.05, 0.1) is 12.1 Å². The number of ether oxygens (including phenoxy) is 1. The first kappa shape index (κ1) is 14.8. The van der Waals surface area contributed by atoms with Crippen molar-refractivity contribution < 1.29 is 9.53 Å². The lowest BCUT2D eigenvalue weighted by Crippen LogP contribution is -2.38. The fraction of sp³-hybridized carbons (Fsp3) is 0.412. The molecule has 1 unspecified atom stereocenters. The molecule has 116 valence electrons. The summed E-state index contributed by atoms with van der Waals surface area (Å²) in [7, 11) is 1.58. The molecular weight excluding hydrogens is 280 g/mol. The van der Waals surface area contributed by atoms with Crippen LogP contribution in [0, 0.1) is 0 Å². The van der Waals surface area contributed by atoms with Gasteiger partial charge in [-0.05, 0) is 31.4 Å². The van der Waals surface area contributed by atoms with Crippen molar-refractivity contribution in [2.24, 2.45) is 0 Å². The van der Waals surface area contributed by atoms with Gasteiger partial charge >= 0.3 is 0 Å². The first-order valence-electron chi connectivity index (χ1n) is 7.56. The number of aromatic nitrogens is 1. The average molecular weight is 300 g/mol. The van der Waals surface area contributed by atoms with Gasteiger partial charge in [0.1, 0.15) is 5.56 Å². The van der Waals surface area contributed by atoms with Crippen molar-refractivity contribution in [1.82, 2.24) is 9.88 Å². The molecule has 5 nitrogen and oxygen atoms in total. The van der Waals surface area contributed by atoms with Crippen LogP contribution in [0.2, 0.25) is 0 Å². The SMILES string of the molecule is COCC(C)NC(=O)c1cn2c3c(cccc3c1=O)CCC2. The minimum Gasteiger partial charge on any atom is -0.383 e. The number of nitrogens with zero attached hydrogens (tertiary/aromatic N) is 1. The Kier molecular flexibility index (Phi) is 3.98. The second kappa shape index (κ2) is 5.93. The van der Waals surface area contributed by atoms with Gasteiger partial charge in [-0.1, -0.05) is 12.1 Å². The highest BCUT2D eigenvalue weighted by molar-refractivity contribution is 5.98. The third-order valence-corrected chi connectivity index (χ3v) is 4.06. The molecule has 0 radical (unpaired) electrons. The Balaban J connectivity index is 2.07. The predicted octanol–water partition coefficient (Wildman–Crippen LogP) is 1.71. The van der Waals surface area contributed by atoms with E-state index >= 15 is 0 Å². The van der Waals surface area contributed by atoms with E-state index in [1.165, 1.54) is 5.56 Å². The van der Waals surface area contributed by atoms with Gasteiger partial charge < -0.3 is 14.6 Å². The van der Waals surface area contributed by atoms with Crippen LogP contribution in [0.5, 0.6) is 0 Å². The zero-order chi connectivity index (χ0) is 15.7. The Bertz CT molecular complexity index is 779. The molecule has 0 fully saturated rings. The van der Waals surface area contributed by atoms with Gasteiger partial charge in [-0.3, -0.25) is 9.59 Å². The lowest BCUT2D eigenvalue weighted by atomic mass is 9.99. The van der Waals surface area contributed by atoms with E-state index in [-0.39, 0.29) is 22.9 Å². The molecule has 0 saturated carbocycles. The fourth-order valence-corrected chi connectivity index (χ4v) is 3.11. The molecule has 1 aliphatic rings. The summed E-state index contributed by atoms with van der Waals surface area (Å²) < 4.78 is 7.05. The van der Waals surface area contributed by atoms with E-state index in [2.05, 4.69) is 11.4 Å². The topological polar surface area (TPSA) is 60.3 Å².